The quantitative estimate of drug-likeness (QED) is 0.778. The zero-order valence-electron chi connectivity index (χ0n) is 13.6. The normalized spacial score (nSPS) is 15.2. The second-order valence-electron chi connectivity index (χ2n) is 5.81. The van der Waals surface area contributed by atoms with Gasteiger partial charge in [-0.3, -0.25) is 4.79 Å². The Hall–Kier alpha value is -3.04. The molecule has 0 aliphatic carbocycles. The van der Waals surface area contributed by atoms with E-state index in [1.807, 2.05) is 0 Å². The van der Waals surface area contributed by atoms with Gasteiger partial charge in [0, 0.05) is 26.1 Å². The van der Waals surface area contributed by atoms with Gasteiger partial charge in [0.15, 0.2) is 0 Å². The molecular formula is C15H17FN6O3. The largest absolute Gasteiger partial charge is 0.377 e. The lowest BCUT2D eigenvalue weighted by Crippen LogP contribution is -2.49. The van der Waals surface area contributed by atoms with Crippen molar-refractivity contribution in [3.8, 4) is 5.69 Å². The van der Waals surface area contributed by atoms with Crippen LogP contribution in [0.15, 0.2) is 29.1 Å². The molecule has 1 aromatic heterocycles. The van der Waals surface area contributed by atoms with Crippen LogP contribution < -0.4 is 11.0 Å². The van der Waals surface area contributed by atoms with Gasteiger partial charge < -0.3 is 10.2 Å². The van der Waals surface area contributed by atoms with Crippen LogP contribution >= 0.6 is 0 Å². The Balaban J connectivity index is 1.74. The summed E-state index contributed by atoms with van der Waals surface area (Å²) in [6.07, 6.45) is 1.19. The fourth-order valence-electron chi connectivity index (χ4n) is 2.77. The third kappa shape index (κ3) is 3.57. The number of amides is 2. The van der Waals surface area contributed by atoms with Crippen LogP contribution in [-0.2, 0) is 4.79 Å². The number of carbonyl (C=O) groups excluding carboxylic acids is 2. The molecule has 2 amide bonds. The van der Waals surface area contributed by atoms with Crippen LogP contribution in [0.5, 0.6) is 0 Å². The molecule has 9 nitrogen and oxygen atoms in total. The number of hydrogen-bond donors (Lipinski definition) is 1. The van der Waals surface area contributed by atoms with E-state index in [0.29, 0.717) is 30.6 Å². The first kappa shape index (κ1) is 16.8. The first-order chi connectivity index (χ1) is 12.0. The van der Waals surface area contributed by atoms with Crippen molar-refractivity contribution in [2.75, 3.05) is 13.1 Å². The Kier molecular flexibility index (Phi) is 4.59. The number of aromatic nitrogens is 4. The van der Waals surface area contributed by atoms with E-state index < -0.39 is 17.5 Å². The van der Waals surface area contributed by atoms with Gasteiger partial charge in [-0.25, -0.2) is 14.0 Å². The number of nitrogens with zero attached hydrogens (tertiary/aromatic N) is 5. The number of nitrogens with one attached hydrogen (secondary N) is 1. The molecule has 2 heterocycles. The fourth-order valence-corrected chi connectivity index (χ4v) is 2.77. The summed E-state index contributed by atoms with van der Waals surface area (Å²) in [5.74, 6) is -0.635. The average molecular weight is 348 g/mol. The third-order valence-corrected chi connectivity index (χ3v) is 3.99. The van der Waals surface area contributed by atoms with E-state index in [2.05, 4.69) is 15.7 Å². The van der Waals surface area contributed by atoms with Crippen molar-refractivity contribution in [3.05, 3.63) is 40.6 Å². The van der Waals surface area contributed by atoms with Crippen LogP contribution in [0.2, 0.25) is 0 Å². The van der Waals surface area contributed by atoms with Crippen molar-refractivity contribution in [1.82, 2.24) is 30.0 Å². The summed E-state index contributed by atoms with van der Waals surface area (Å²) >= 11 is 0. The van der Waals surface area contributed by atoms with Gasteiger partial charge in [0.1, 0.15) is 5.82 Å². The molecule has 1 fully saturated rings. The highest BCUT2D eigenvalue weighted by Gasteiger charge is 2.26. The van der Waals surface area contributed by atoms with Gasteiger partial charge >= 0.3 is 11.7 Å². The maximum atomic E-state index is 13.3. The van der Waals surface area contributed by atoms with Gasteiger partial charge in [-0.1, -0.05) is 6.07 Å². The fraction of sp³-hybridized carbons (Fsp3) is 0.400. The van der Waals surface area contributed by atoms with Crippen LogP contribution in [0.3, 0.4) is 0 Å². The molecule has 1 N–H and O–H groups in total. The summed E-state index contributed by atoms with van der Waals surface area (Å²) in [5.41, 5.74) is -0.576. The molecule has 1 aliphatic heterocycles. The molecule has 1 aromatic carbocycles. The Labute approximate surface area is 142 Å². The zero-order valence-corrected chi connectivity index (χ0v) is 13.6. The molecule has 25 heavy (non-hydrogen) atoms. The number of hydrogen-bond acceptors (Lipinski definition) is 5. The third-order valence-electron chi connectivity index (χ3n) is 3.99. The minimum atomic E-state index is -0.764. The van der Waals surface area contributed by atoms with E-state index in [1.54, 1.807) is 0 Å². The van der Waals surface area contributed by atoms with Gasteiger partial charge in [0.2, 0.25) is 5.91 Å². The van der Waals surface area contributed by atoms with Crippen LogP contribution in [-0.4, -0.2) is 55.8 Å². The number of benzene rings is 1. The number of carbonyl (C=O) groups is 2. The predicted octanol–water partition coefficient (Wildman–Crippen LogP) is 0.137. The molecule has 132 valence electrons. The number of piperidine rings is 1. The first-order valence-corrected chi connectivity index (χ1v) is 7.83. The van der Waals surface area contributed by atoms with E-state index in [4.69, 9.17) is 0 Å². The maximum absolute atomic E-state index is 13.3. The summed E-state index contributed by atoms with van der Waals surface area (Å²) in [5, 5.41) is 10.1. The molecule has 0 bridgehead atoms. The number of likely N-dealkylation sites (tertiary alicyclic amines) is 1. The molecule has 0 atom stereocenters. The van der Waals surface area contributed by atoms with Crippen LogP contribution in [0.25, 0.3) is 5.69 Å². The molecular weight excluding hydrogens is 331 g/mol. The molecule has 0 radical (unpaired) electrons. The van der Waals surface area contributed by atoms with Crippen molar-refractivity contribution >= 4 is 11.9 Å². The van der Waals surface area contributed by atoms with Crippen molar-refractivity contribution in [2.24, 2.45) is 0 Å². The highest BCUT2D eigenvalue weighted by Crippen LogP contribution is 2.11. The Bertz CT molecular complexity index is 853. The van der Waals surface area contributed by atoms with Gasteiger partial charge in [-0.2, -0.15) is 4.68 Å². The lowest BCUT2D eigenvalue weighted by atomic mass is 10.1. The van der Waals surface area contributed by atoms with E-state index in [9.17, 15) is 18.8 Å². The van der Waals surface area contributed by atoms with Crippen LogP contribution in [0, 0.1) is 5.82 Å². The molecule has 3 rings (SSSR count). The van der Waals surface area contributed by atoms with Gasteiger partial charge in [-0.15, -0.1) is 4.68 Å². The summed E-state index contributed by atoms with van der Waals surface area (Å²) in [7, 11) is 0. The van der Waals surface area contributed by atoms with Crippen LogP contribution in [0.1, 0.15) is 19.8 Å². The van der Waals surface area contributed by atoms with Gasteiger partial charge in [0.25, 0.3) is 0 Å². The number of halogens is 1. The van der Waals surface area contributed by atoms with E-state index in [0.717, 1.165) is 10.7 Å². The standard InChI is InChI=1S/C15H17FN6O3/c1-10(23)17-12-5-7-20(8-6-12)14(24)22-15(25)21(18-19-22)13-4-2-3-11(16)9-13/h2-4,9,12H,5-8H2,1H3,(H,17,23). The molecule has 1 aliphatic rings. The topological polar surface area (TPSA) is 102 Å². The van der Waals surface area contributed by atoms with Crippen molar-refractivity contribution in [1.29, 1.82) is 0 Å². The predicted molar refractivity (Wildman–Crippen MR) is 84.8 cm³/mol. The molecule has 0 unspecified atom stereocenters. The Morgan fingerprint density at radius 1 is 1.24 bits per heavy atom. The van der Waals surface area contributed by atoms with Crippen molar-refractivity contribution < 1.29 is 14.0 Å². The van der Waals surface area contributed by atoms with Crippen molar-refractivity contribution in [2.45, 2.75) is 25.8 Å². The zero-order chi connectivity index (χ0) is 18.0. The van der Waals surface area contributed by atoms with E-state index in [-0.39, 0.29) is 17.6 Å². The highest BCUT2D eigenvalue weighted by atomic mass is 19.1. The second-order valence-corrected chi connectivity index (χ2v) is 5.81. The smallest absolute Gasteiger partial charge is 0.353 e. The average Bonchev–Trinajstić information content (AvgIpc) is 2.96. The summed E-state index contributed by atoms with van der Waals surface area (Å²) in [6, 6.07) is 4.72. The number of rotatable bonds is 2. The molecule has 0 spiro atoms. The monoisotopic (exact) mass is 348 g/mol. The molecule has 10 heteroatoms. The Morgan fingerprint density at radius 3 is 2.60 bits per heavy atom. The lowest BCUT2D eigenvalue weighted by molar-refractivity contribution is -0.119. The Morgan fingerprint density at radius 2 is 1.96 bits per heavy atom. The summed E-state index contributed by atoms with van der Waals surface area (Å²) in [6.45, 7) is 2.23. The highest BCUT2D eigenvalue weighted by molar-refractivity contribution is 5.76. The molecule has 2 aromatic rings. The SMILES string of the molecule is CC(=O)NC1CCN(C(=O)n2nnn(-c3cccc(F)c3)c2=O)CC1. The van der Waals surface area contributed by atoms with Gasteiger partial charge in [-0.05, 0) is 41.5 Å². The maximum Gasteiger partial charge on any atom is 0.377 e. The summed E-state index contributed by atoms with van der Waals surface area (Å²) in [4.78, 5) is 37.4. The minimum Gasteiger partial charge on any atom is -0.353 e. The summed E-state index contributed by atoms with van der Waals surface area (Å²) < 4.78 is 14.8. The molecule has 0 saturated carbocycles. The lowest BCUT2D eigenvalue weighted by Gasteiger charge is -2.31. The van der Waals surface area contributed by atoms with Gasteiger partial charge in [0.05, 0.1) is 5.69 Å². The minimum absolute atomic E-state index is 0.0150. The first-order valence-electron chi connectivity index (χ1n) is 7.83. The van der Waals surface area contributed by atoms with E-state index in [1.165, 1.54) is 30.0 Å². The van der Waals surface area contributed by atoms with Crippen LogP contribution in [0.4, 0.5) is 9.18 Å². The van der Waals surface area contributed by atoms with Crippen molar-refractivity contribution in [3.63, 3.8) is 0 Å². The molecule has 1 saturated heterocycles. The number of tetrazole rings is 1. The van der Waals surface area contributed by atoms with E-state index >= 15 is 0 Å². The second kappa shape index (κ2) is 6.83.